The molecule has 0 saturated carbocycles. The molecule has 1 fully saturated rings. The molecule has 1 N–H and O–H groups in total. The predicted molar refractivity (Wildman–Crippen MR) is 106 cm³/mol. The second kappa shape index (κ2) is 7.46. The Bertz CT molecular complexity index is 958. The highest BCUT2D eigenvalue weighted by Crippen LogP contribution is 2.29. The average Bonchev–Trinajstić information content (AvgIpc) is 2.59. The fourth-order valence-corrected chi connectivity index (χ4v) is 3.35. The molecule has 1 aliphatic heterocycles. The zero-order chi connectivity index (χ0) is 18.8. The molecule has 132 valence electrons. The van der Waals surface area contributed by atoms with E-state index in [0.29, 0.717) is 11.3 Å². The highest BCUT2D eigenvalue weighted by molar-refractivity contribution is 14.1. The number of amides is 4. The van der Waals surface area contributed by atoms with Crippen LogP contribution in [0.4, 0.5) is 10.5 Å². The predicted octanol–water partition coefficient (Wildman–Crippen LogP) is 3.62. The van der Waals surface area contributed by atoms with Crippen LogP contribution in [-0.4, -0.2) is 25.0 Å². The molecule has 26 heavy (non-hydrogen) atoms. The Hall–Kier alpha value is -2.39. The smallest absolute Gasteiger partial charge is 0.335 e. The number of halogens is 2. The van der Waals surface area contributed by atoms with E-state index in [1.165, 1.54) is 19.3 Å². The molecule has 0 unspecified atom stereocenters. The normalized spacial score (nSPS) is 16.0. The van der Waals surface area contributed by atoms with Gasteiger partial charge in [0.25, 0.3) is 11.8 Å². The number of benzene rings is 2. The largest absolute Gasteiger partial charge is 0.497 e. The Morgan fingerprint density at radius 2 is 1.88 bits per heavy atom. The van der Waals surface area contributed by atoms with Gasteiger partial charge in [0.2, 0.25) is 0 Å². The molecule has 3 rings (SSSR count). The Kier molecular flexibility index (Phi) is 5.28. The zero-order valence-electron chi connectivity index (χ0n) is 13.5. The standard InChI is InChI=1S/C18H12ClIN2O4/c1-26-12-7-10(6-11(20)9-12)8-13-16(23)21-18(25)22(17(13)24)15-5-3-2-4-14(15)19/h2-9H,1H3,(H,21,23,25)/b13-8+. The minimum atomic E-state index is -0.842. The number of para-hydroxylation sites is 1. The van der Waals surface area contributed by atoms with Crippen LogP contribution in [0.5, 0.6) is 5.75 Å². The number of carbonyl (C=O) groups excluding carboxylic acids is 3. The fraction of sp³-hybridized carbons (Fsp3) is 0.0556. The number of urea groups is 1. The third-order valence-corrected chi connectivity index (χ3v) is 4.58. The van der Waals surface area contributed by atoms with Crippen LogP contribution in [0.2, 0.25) is 5.02 Å². The first kappa shape index (κ1) is 18.4. The summed E-state index contributed by atoms with van der Waals surface area (Å²) < 4.78 is 6.07. The van der Waals surface area contributed by atoms with Crippen molar-refractivity contribution in [2.45, 2.75) is 0 Å². The van der Waals surface area contributed by atoms with Gasteiger partial charge in [0, 0.05) is 3.57 Å². The lowest BCUT2D eigenvalue weighted by atomic mass is 10.1. The molecule has 0 bridgehead atoms. The van der Waals surface area contributed by atoms with Crippen LogP contribution < -0.4 is 15.0 Å². The van der Waals surface area contributed by atoms with Crippen molar-refractivity contribution >= 4 is 63.8 Å². The van der Waals surface area contributed by atoms with Crippen LogP contribution in [0.25, 0.3) is 6.08 Å². The van der Waals surface area contributed by atoms with Crippen LogP contribution in [0, 0.1) is 3.57 Å². The Morgan fingerprint density at radius 1 is 1.15 bits per heavy atom. The van der Waals surface area contributed by atoms with Crippen molar-refractivity contribution in [1.82, 2.24) is 5.32 Å². The van der Waals surface area contributed by atoms with Crippen LogP contribution in [-0.2, 0) is 9.59 Å². The number of nitrogens with zero attached hydrogens (tertiary/aromatic N) is 1. The van der Waals surface area contributed by atoms with Gasteiger partial charge in [-0.15, -0.1) is 0 Å². The second-order valence-corrected chi connectivity index (χ2v) is 6.99. The van der Waals surface area contributed by atoms with Gasteiger partial charge < -0.3 is 4.74 Å². The highest BCUT2D eigenvalue weighted by Gasteiger charge is 2.37. The van der Waals surface area contributed by atoms with Crippen molar-refractivity contribution in [3.63, 3.8) is 0 Å². The van der Waals surface area contributed by atoms with Crippen molar-refractivity contribution in [3.8, 4) is 5.75 Å². The minimum Gasteiger partial charge on any atom is -0.497 e. The summed E-state index contributed by atoms with van der Waals surface area (Å²) in [6.07, 6.45) is 1.42. The molecule has 6 nitrogen and oxygen atoms in total. The van der Waals surface area contributed by atoms with Gasteiger partial charge in [-0.2, -0.15) is 0 Å². The molecule has 4 amide bonds. The monoisotopic (exact) mass is 482 g/mol. The van der Waals surface area contributed by atoms with Crippen molar-refractivity contribution in [2.24, 2.45) is 0 Å². The number of hydrogen-bond acceptors (Lipinski definition) is 4. The average molecular weight is 483 g/mol. The summed E-state index contributed by atoms with van der Waals surface area (Å²) in [5.74, 6) is -0.919. The SMILES string of the molecule is COc1cc(I)cc(/C=C2\C(=O)NC(=O)N(c3ccccc3Cl)C2=O)c1. The summed E-state index contributed by atoms with van der Waals surface area (Å²) in [5, 5.41) is 2.39. The molecular weight excluding hydrogens is 471 g/mol. The van der Waals surface area contributed by atoms with E-state index >= 15 is 0 Å². The number of carbonyl (C=O) groups is 3. The van der Waals surface area contributed by atoms with Gasteiger partial charge in [0.15, 0.2) is 0 Å². The molecule has 2 aromatic rings. The van der Waals surface area contributed by atoms with E-state index in [-0.39, 0.29) is 16.3 Å². The number of methoxy groups -OCH3 is 1. The number of nitrogens with one attached hydrogen (secondary N) is 1. The van der Waals surface area contributed by atoms with Gasteiger partial charge in [-0.25, -0.2) is 9.69 Å². The van der Waals surface area contributed by atoms with Gasteiger partial charge in [-0.3, -0.25) is 14.9 Å². The summed E-state index contributed by atoms with van der Waals surface area (Å²) in [5.41, 5.74) is 0.629. The first-order valence-electron chi connectivity index (χ1n) is 7.41. The first-order chi connectivity index (χ1) is 12.4. The highest BCUT2D eigenvalue weighted by atomic mass is 127. The van der Waals surface area contributed by atoms with Gasteiger partial charge in [-0.1, -0.05) is 23.7 Å². The van der Waals surface area contributed by atoms with Crippen molar-refractivity contribution < 1.29 is 19.1 Å². The van der Waals surface area contributed by atoms with Gasteiger partial charge in [-0.05, 0) is 64.6 Å². The molecule has 1 heterocycles. The molecule has 0 atom stereocenters. The van der Waals surface area contributed by atoms with Crippen LogP contribution >= 0.6 is 34.2 Å². The molecule has 0 spiro atoms. The van der Waals surface area contributed by atoms with Crippen LogP contribution in [0.3, 0.4) is 0 Å². The summed E-state index contributed by atoms with van der Waals surface area (Å²) >= 11 is 8.20. The Balaban J connectivity index is 2.06. The molecular formula is C18H12ClIN2O4. The van der Waals surface area contributed by atoms with E-state index in [9.17, 15) is 14.4 Å². The van der Waals surface area contributed by atoms with Gasteiger partial charge in [0.05, 0.1) is 17.8 Å². The Labute approximate surface area is 167 Å². The van der Waals surface area contributed by atoms with Crippen molar-refractivity contribution in [3.05, 3.63) is 62.2 Å². The molecule has 0 aliphatic carbocycles. The third kappa shape index (κ3) is 3.58. The third-order valence-electron chi connectivity index (χ3n) is 3.64. The molecule has 8 heteroatoms. The van der Waals surface area contributed by atoms with Gasteiger partial charge in [0.1, 0.15) is 11.3 Å². The first-order valence-corrected chi connectivity index (χ1v) is 8.87. The lowest BCUT2D eigenvalue weighted by Gasteiger charge is -2.27. The van der Waals surface area contributed by atoms with Crippen molar-refractivity contribution in [2.75, 3.05) is 12.0 Å². The maximum atomic E-state index is 12.8. The maximum Gasteiger partial charge on any atom is 0.335 e. The van der Waals surface area contributed by atoms with E-state index in [2.05, 4.69) is 27.9 Å². The van der Waals surface area contributed by atoms with E-state index in [1.54, 1.807) is 30.3 Å². The van der Waals surface area contributed by atoms with E-state index < -0.39 is 17.8 Å². The fourth-order valence-electron chi connectivity index (χ4n) is 2.46. The second-order valence-electron chi connectivity index (χ2n) is 5.33. The van der Waals surface area contributed by atoms with E-state index in [0.717, 1.165) is 8.47 Å². The molecule has 1 saturated heterocycles. The number of rotatable bonds is 3. The van der Waals surface area contributed by atoms with Gasteiger partial charge >= 0.3 is 6.03 Å². The molecule has 1 aliphatic rings. The number of barbiturate groups is 1. The number of hydrogen-bond donors (Lipinski definition) is 1. The summed E-state index contributed by atoms with van der Waals surface area (Å²) in [4.78, 5) is 38.1. The van der Waals surface area contributed by atoms with Crippen molar-refractivity contribution in [1.29, 1.82) is 0 Å². The quantitative estimate of drug-likeness (QED) is 0.412. The minimum absolute atomic E-state index is 0.173. The lowest BCUT2D eigenvalue weighted by Crippen LogP contribution is -2.54. The van der Waals surface area contributed by atoms with Crippen LogP contribution in [0.1, 0.15) is 5.56 Å². The number of imide groups is 2. The lowest BCUT2D eigenvalue weighted by molar-refractivity contribution is -0.122. The maximum absolute atomic E-state index is 12.8. The summed E-state index contributed by atoms with van der Waals surface area (Å²) in [7, 11) is 1.53. The molecule has 0 radical (unpaired) electrons. The molecule has 2 aromatic carbocycles. The number of ether oxygens (including phenoxy) is 1. The summed E-state index contributed by atoms with van der Waals surface area (Å²) in [6, 6.07) is 10.8. The Morgan fingerprint density at radius 3 is 2.58 bits per heavy atom. The van der Waals surface area contributed by atoms with E-state index in [4.69, 9.17) is 16.3 Å². The van der Waals surface area contributed by atoms with E-state index in [1.807, 2.05) is 6.07 Å². The number of anilines is 1. The molecule has 0 aromatic heterocycles. The summed E-state index contributed by atoms with van der Waals surface area (Å²) in [6.45, 7) is 0. The zero-order valence-corrected chi connectivity index (χ0v) is 16.4. The van der Waals surface area contributed by atoms with Crippen LogP contribution in [0.15, 0.2) is 48.0 Å². The topological polar surface area (TPSA) is 75.7 Å².